The van der Waals surface area contributed by atoms with Gasteiger partial charge in [-0.25, -0.2) is 0 Å². The standard InChI is InChI=1S/C18H22N4O2/c1-12-15(11-22(3)20-12)10-21(2)9-14-7-13-8-16(24-4)5-6-17(13)19-18(14)23/h5-8,11H,9-10H2,1-4H3,(H,19,23). The summed E-state index contributed by atoms with van der Waals surface area (Å²) in [6.07, 6.45) is 2.02. The highest BCUT2D eigenvalue weighted by Crippen LogP contribution is 2.19. The van der Waals surface area contributed by atoms with E-state index < -0.39 is 0 Å². The third kappa shape index (κ3) is 3.33. The van der Waals surface area contributed by atoms with Gasteiger partial charge in [-0.1, -0.05) is 0 Å². The average molecular weight is 326 g/mol. The van der Waals surface area contributed by atoms with Crippen LogP contribution in [0.3, 0.4) is 0 Å². The van der Waals surface area contributed by atoms with Crippen molar-refractivity contribution in [2.75, 3.05) is 14.2 Å². The molecule has 0 unspecified atom stereocenters. The van der Waals surface area contributed by atoms with Crippen molar-refractivity contribution in [2.24, 2.45) is 7.05 Å². The summed E-state index contributed by atoms with van der Waals surface area (Å²) in [5.74, 6) is 0.778. The summed E-state index contributed by atoms with van der Waals surface area (Å²) in [7, 11) is 5.55. The Kier molecular flexibility index (Phi) is 4.40. The van der Waals surface area contributed by atoms with Crippen molar-refractivity contribution in [3.05, 3.63) is 57.6 Å². The zero-order valence-electron chi connectivity index (χ0n) is 14.5. The Morgan fingerprint density at radius 1 is 1.25 bits per heavy atom. The highest BCUT2D eigenvalue weighted by Gasteiger charge is 2.10. The van der Waals surface area contributed by atoms with Crippen LogP contribution in [0.2, 0.25) is 0 Å². The van der Waals surface area contributed by atoms with Crippen LogP contribution in [0.1, 0.15) is 16.8 Å². The van der Waals surface area contributed by atoms with Crippen molar-refractivity contribution in [3.8, 4) is 5.75 Å². The third-order valence-corrected chi connectivity index (χ3v) is 4.12. The number of hydrogen-bond acceptors (Lipinski definition) is 4. The molecule has 3 aromatic rings. The first-order valence-electron chi connectivity index (χ1n) is 7.84. The molecular weight excluding hydrogens is 304 g/mol. The lowest BCUT2D eigenvalue weighted by molar-refractivity contribution is 0.317. The Labute approximate surface area is 140 Å². The smallest absolute Gasteiger partial charge is 0.252 e. The number of nitrogens with zero attached hydrogens (tertiary/aromatic N) is 3. The van der Waals surface area contributed by atoms with Crippen molar-refractivity contribution in [1.29, 1.82) is 0 Å². The molecule has 0 amide bonds. The summed E-state index contributed by atoms with van der Waals surface area (Å²) in [6.45, 7) is 3.31. The topological polar surface area (TPSA) is 63.2 Å². The summed E-state index contributed by atoms with van der Waals surface area (Å²) < 4.78 is 7.07. The number of pyridine rings is 1. The fourth-order valence-corrected chi connectivity index (χ4v) is 2.92. The van der Waals surface area contributed by atoms with Crippen LogP contribution >= 0.6 is 0 Å². The van der Waals surface area contributed by atoms with Crippen molar-refractivity contribution >= 4 is 10.9 Å². The predicted octanol–water partition coefficient (Wildman–Crippen LogP) is 2.21. The number of ether oxygens (including phenoxy) is 1. The van der Waals surface area contributed by atoms with Gasteiger partial charge in [0.25, 0.3) is 5.56 Å². The molecule has 2 aromatic heterocycles. The molecule has 0 radical (unpaired) electrons. The highest BCUT2D eigenvalue weighted by molar-refractivity contribution is 5.80. The van der Waals surface area contributed by atoms with E-state index in [0.717, 1.165) is 34.5 Å². The number of aryl methyl sites for hydroxylation is 2. The Morgan fingerprint density at radius 3 is 2.67 bits per heavy atom. The van der Waals surface area contributed by atoms with Crippen LogP contribution in [-0.4, -0.2) is 33.8 Å². The molecule has 0 aliphatic rings. The molecule has 0 saturated carbocycles. The summed E-state index contributed by atoms with van der Waals surface area (Å²) in [4.78, 5) is 17.4. The second-order valence-electron chi connectivity index (χ2n) is 6.16. The third-order valence-electron chi connectivity index (χ3n) is 4.12. The van der Waals surface area contributed by atoms with Gasteiger partial charge >= 0.3 is 0 Å². The molecule has 6 nitrogen and oxygen atoms in total. The van der Waals surface area contributed by atoms with Gasteiger partial charge in [0.05, 0.1) is 12.8 Å². The van der Waals surface area contributed by atoms with Gasteiger partial charge in [0, 0.05) is 48.4 Å². The number of methoxy groups -OCH3 is 1. The normalized spacial score (nSPS) is 11.4. The fourth-order valence-electron chi connectivity index (χ4n) is 2.92. The minimum atomic E-state index is -0.0533. The van der Waals surface area contributed by atoms with E-state index in [1.165, 1.54) is 5.56 Å². The maximum Gasteiger partial charge on any atom is 0.252 e. The second kappa shape index (κ2) is 6.49. The number of nitrogens with one attached hydrogen (secondary N) is 1. The molecule has 0 aliphatic carbocycles. The number of benzene rings is 1. The van der Waals surface area contributed by atoms with Crippen LogP contribution < -0.4 is 10.3 Å². The van der Waals surface area contributed by atoms with Gasteiger partial charge in [0.1, 0.15) is 5.75 Å². The molecule has 0 saturated heterocycles. The van der Waals surface area contributed by atoms with E-state index in [-0.39, 0.29) is 5.56 Å². The van der Waals surface area contributed by atoms with Crippen LogP contribution in [0.25, 0.3) is 10.9 Å². The number of hydrogen-bond donors (Lipinski definition) is 1. The molecule has 0 atom stereocenters. The molecule has 0 spiro atoms. The predicted molar refractivity (Wildman–Crippen MR) is 94.2 cm³/mol. The van der Waals surface area contributed by atoms with Gasteiger partial charge in [0.15, 0.2) is 0 Å². The van der Waals surface area contributed by atoms with Gasteiger partial charge in [-0.15, -0.1) is 0 Å². The molecule has 1 N–H and O–H groups in total. The second-order valence-corrected chi connectivity index (χ2v) is 6.16. The van der Waals surface area contributed by atoms with Crippen molar-refractivity contribution in [2.45, 2.75) is 20.0 Å². The van der Waals surface area contributed by atoms with E-state index in [4.69, 9.17) is 4.74 Å². The van der Waals surface area contributed by atoms with Gasteiger partial charge in [0.2, 0.25) is 0 Å². The van der Waals surface area contributed by atoms with Gasteiger partial charge in [-0.05, 0) is 38.2 Å². The van der Waals surface area contributed by atoms with E-state index in [1.807, 2.05) is 56.2 Å². The number of aromatic nitrogens is 3. The SMILES string of the molecule is COc1ccc2[nH]c(=O)c(CN(C)Cc3cn(C)nc3C)cc2c1. The van der Waals surface area contributed by atoms with Gasteiger partial charge in [-0.3, -0.25) is 14.4 Å². The van der Waals surface area contributed by atoms with Gasteiger partial charge < -0.3 is 9.72 Å². The Hall–Kier alpha value is -2.60. The molecular formula is C18H22N4O2. The first-order chi connectivity index (χ1) is 11.5. The molecule has 24 heavy (non-hydrogen) atoms. The van der Waals surface area contributed by atoms with Crippen LogP contribution in [0.4, 0.5) is 0 Å². The number of rotatable bonds is 5. The van der Waals surface area contributed by atoms with Gasteiger partial charge in [-0.2, -0.15) is 5.10 Å². The zero-order valence-corrected chi connectivity index (χ0v) is 14.5. The van der Waals surface area contributed by atoms with E-state index in [2.05, 4.69) is 15.0 Å². The lowest BCUT2D eigenvalue weighted by atomic mass is 10.1. The van der Waals surface area contributed by atoms with Crippen molar-refractivity contribution < 1.29 is 4.74 Å². The maximum atomic E-state index is 12.3. The number of aromatic amines is 1. The summed E-state index contributed by atoms with van der Waals surface area (Å²) in [5, 5.41) is 5.32. The largest absolute Gasteiger partial charge is 0.497 e. The Balaban J connectivity index is 1.84. The van der Waals surface area contributed by atoms with Crippen LogP contribution in [0.15, 0.2) is 35.3 Å². The van der Waals surface area contributed by atoms with E-state index in [9.17, 15) is 4.79 Å². The molecule has 0 fully saturated rings. The van der Waals surface area contributed by atoms with E-state index in [0.29, 0.717) is 6.54 Å². The minimum Gasteiger partial charge on any atom is -0.497 e. The Morgan fingerprint density at radius 2 is 2.00 bits per heavy atom. The summed E-state index contributed by atoms with van der Waals surface area (Å²) >= 11 is 0. The number of H-pyrrole nitrogens is 1. The van der Waals surface area contributed by atoms with E-state index >= 15 is 0 Å². The first-order valence-corrected chi connectivity index (χ1v) is 7.84. The van der Waals surface area contributed by atoms with Crippen LogP contribution in [0.5, 0.6) is 5.75 Å². The minimum absolute atomic E-state index is 0.0533. The van der Waals surface area contributed by atoms with Crippen molar-refractivity contribution in [3.63, 3.8) is 0 Å². The quantitative estimate of drug-likeness (QED) is 0.781. The fraction of sp³-hybridized carbons (Fsp3) is 0.333. The lowest BCUT2D eigenvalue weighted by Crippen LogP contribution is -2.23. The molecule has 0 bridgehead atoms. The summed E-state index contributed by atoms with van der Waals surface area (Å²) in [6, 6.07) is 7.57. The van der Waals surface area contributed by atoms with E-state index in [1.54, 1.807) is 7.11 Å². The zero-order chi connectivity index (χ0) is 17.3. The summed E-state index contributed by atoms with van der Waals surface area (Å²) in [5.41, 5.74) is 3.68. The highest BCUT2D eigenvalue weighted by atomic mass is 16.5. The molecule has 0 aliphatic heterocycles. The lowest BCUT2D eigenvalue weighted by Gasteiger charge is -2.16. The molecule has 3 rings (SSSR count). The molecule has 1 aromatic carbocycles. The number of fused-ring (bicyclic) bond motifs is 1. The monoisotopic (exact) mass is 326 g/mol. The van der Waals surface area contributed by atoms with Crippen LogP contribution in [0, 0.1) is 6.92 Å². The average Bonchev–Trinajstić information content (AvgIpc) is 2.85. The van der Waals surface area contributed by atoms with Crippen molar-refractivity contribution in [1.82, 2.24) is 19.7 Å². The first kappa shape index (κ1) is 16.3. The molecule has 2 heterocycles. The Bertz CT molecular complexity index is 926. The molecule has 6 heteroatoms. The molecule has 126 valence electrons. The maximum absolute atomic E-state index is 12.3. The van der Waals surface area contributed by atoms with Crippen LogP contribution in [-0.2, 0) is 20.1 Å².